The summed E-state index contributed by atoms with van der Waals surface area (Å²) in [5.74, 6) is 1.60. The number of aromatic nitrogens is 2. The lowest BCUT2D eigenvalue weighted by molar-refractivity contribution is 0.0853. The summed E-state index contributed by atoms with van der Waals surface area (Å²) in [6.07, 6.45) is 2.13. The fourth-order valence-corrected chi connectivity index (χ4v) is 2.38. The predicted molar refractivity (Wildman–Crippen MR) is 80.8 cm³/mol. The van der Waals surface area contributed by atoms with Crippen LogP contribution in [0.25, 0.3) is 0 Å². The Hall–Kier alpha value is -1.20. The Bertz CT molecular complexity index is 387. The zero-order chi connectivity index (χ0) is 14.4. The first-order chi connectivity index (χ1) is 9.66. The molecule has 0 spiro atoms. The van der Waals surface area contributed by atoms with Gasteiger partial charge in [-0.15, -0.1) is 5.10 Å². The third-order valence-corrected chi connectivity index (χ3v) is 3.66. The van der Waals surface area contributed by atoms with E-state index in [-0.39, 0.29) is 0 Å². The quantitative estimate of drug-likeness (QED) is 0.860. The van der Waals surface area contributed by atoms with Gasteiger partial charge in [0.2, 0.25) is 0 Å². The van der Waals surface area contributed by atoms with Crippen LogP contribution in [0.5, 0.6) is 0 Å². The van der Waals surface area contributed by atoms with Crippen molar-refractivity contribution in [2.75, 3.05) is 31.7 Å². The van der Waals surface area contributed by atoms with Crippen molar-refractivity contribution in [2.24, 2.45) is 5.92 Å². The minimum Gasteiger partial charge on any atom is -0.381 e. The molecule has 0 saturated carbocycles. The van der Waals surface area contributed by atoms with Gasteiger partial charge < -0.3 is 15.0 Å². The number of ether oxygens (including phenoxy) is 1. The maximum atomic E-state index is 5.40. The van der Waals surface area contributed by atoms with E-state index in [0.29, 0.717) is 12.0 Å². The second kappa shape index (κ2) is 7.55. The molecule has 1 N–H and O–H groups in total. The highest BCUT2D eigenvalue weighted by molar-refractivity contribution is 5.37. The lowest BCUT2D eigenvalue weighted by Crippen LogP contribution is -2.37. The summed E-state index contributed by atoms with van der Waals surface area (Å²) in [4.78, 5) is 2.22. The summed E-state index contributed by atoms with van der Waals surface area (Å²) in [5, 5.41) is 12.0. The van der Waals surface area contributed by atoms with Gasteiger partial charge in [0.05, 0.1) is 5.69 Å². The minimum atomic E-state index is 0.517. The summed E-state index contributed by atoms with van der Waals surface area (Å²) < 4.78 is 5.40. The molecule has 5 nitrogen and oxygen atoms in total. The van der Waals surface area contributed by atoms with Gasteiger partial charge in [0.25, 0.3) is 0 Å². The van der Waals surface area contributed by atoms with Gasteiger partial charge in [-0.3, -0.25) is 0 Å². The standard InChI is InChI=1S/C15H26N4O/c1-12(2)10-16-11-13-4-5-15(18-17-13)19(3)14-6-8-20-9-7-14/h4-5,12,14,16H,6-11H2,1-3H3. The molecule has 5 heteroatoms. The van der Waals surface area contributed by atoms with Gasteiger partial charge in [0.15, 0.2) is 5.82 Å². The zero-order valence-corrected chi connectivity index (χ0v) is 12.8. The molecule has 0 atom stereocenters. The van der Waals surface area contributed by atoms with Crippen LogP contribution in [0.15, 0.2) is 12.1 Å². The van der Waals surface area contributed by atoms with Crippen molar-refractivity contribution >= 4 is 5.82 Å². The van der Waals surface area contributed by atoms with Crippen molar-refractivity contribution in [1.82, 2.24) is 15.5 Å². The van der Waals surface area contributed by atoms with Gasteiger partial charge in [-0.25, -0.2) is 0 Å². The maximum Gasteiger partial charge on any atom is 0.151 e. The Morgan fingerprint density at radius 2 is 2.05 bits per heavy atom. The Balaban J connectivity index is 1.86. The number of rotatable bonds is 6. The molecule has 1 aliphatic rings. The van der Waals surface area contributed by atoms with Gasteiger partial charge in [-0.1, -0.05) is 13.8 Å². The third kappa shape index (κ3) is 4.42. The van der Waals surface area contributed by atoms with E-state index < -0.39 is 0 Å². The number of anilines is 1. The molecule has 1 aromatic heterocycles. The van der Waals surface area contributed by atoms with Crippen LogP contribution < -0.4 is 10.2 Å². The lowest BCUT2D eigenvalue weighted by Gasteiger charge is -2.31. The van der Waals surface area contributed by atoms with E-state index in [1.165, 1.54) is 0 Å². The van der Waals surface area contributed by atoms with E-state index in [4.69, 9.17) is 4.74 Å². The van der Waals surface area contributed by atoms with E-state index in [1.807, 2.05) is 0 Å². The first kappa shape index (κ1) is 15.2. The van der Waals surface area contributed by atoms with E-state index in [2.05, 4.69) is 53.4 Å². The molecular formula is C15H26N4O. The van der Waals surface area contributed by atoms with Crippen LogP contribution in [0, 0.1) is 5.92 Å². The topological polar surface area (TPSA) is 50.3 Å². The minimum absolute atomic E-state index is 0.517. The van der Waals surface area contributed by atoms with E-state index >= 15 is 0 Å². The molecule has 112 valence electrons. The predicted octanol–water partition coefficient (Wildman–Crippen LogP) is 1.84. The van der Waals surface area contributed by atoms with Crippen LogP contribution in [0.1, 0.15) is 32.4 Å². The van der Waals surface area contributed by atoms with Gasteiger partial charge in [0, 0.05) is 32.8 Å². The van der Waals surface area contributed by atoms with Crippen molar-refractivity contribution in [1.29, 1.82) is 0 Å². The zero-order valence-electron chi connectivity index (χ0n) is 12.8. The summed E-state index contributed by atoms with van der Waals surface area (Å²) in [7, 11) is 2.09. The average Bonchev–Trinajstić information content (AvgIpc) is 2.48. The highest BCUT2D eigenvalue weighted by Crippen LogP contribution is 2.18. The summed E-state index contributed by atoms with van der Waals surface area (Å²) in [6, 6.07) is 4.64. The molecule has 0 aromatic carbocycles. The van der Waals surface area contributed by atoms with Crippen molar-refractivity contribution in [3.8, 4) is 0 Å². The summed E-state index contributed by atoms with van der Waals surface area (Å²) in [6.45, 7) is 7.88. The summed E-state index contributed by atoms with van der Waals surface area (Å²) >= 11 is 0. The van der Waals surface area contributed by atoms with E-state index in [1.54, 1.807) is 0 Å². The number of nitrogens with one attached hydrogen (secondary N) is 1. The highest BCUT2D eigenvalue weighted by atomic mass is 16.5. The average molecular weight is 278 g/mol. The first-order valence-electron chi connectivity index (χ1n) is 7.50. The summed E-state index contributed by atoms with van der Waals surface area (Å²) in [5.41, 5.74) is 0.995. The largest absolute Gasteiger partial charge is 0.381 e. The molecule has 1 aromatic rings. The van der Waals surface area contributed by atoms with Gasteiger partial charge >= 0.3 is 0 Å². The lowest BCUT2D eigenvalue weighted by atomic mass is 10.1. The third-order valence-electron chi connectivity index (χ3n) is 3.66. The molecule has 20 heavy (non-hydrogen) atoms. The fraction of sp³-hybridized carbons (Fsp3) is 0.733. The van der Waals surface area contributed by atoms with Crippen molar-refractivity contribution < 1.29 is 4.74 Å². The molecule has 0 unspecified atom stereocenters. The molecule has 0 amide bonds. The molecule has 2 heterocycles. The van der Waals surface area contributed by atoms with Crippen molar-refractivity contribution in [3.05, 3.63) is 17.8 Å². The highest BCUT2D eigenvalue weighted by Gasteiger charge is 2.19. The normalized spacial score (nSPS) is 16.6. The molecule has 0 radical (unpaired) electrons. The number of hydrogen-bond donors (Lipinski definition) is 1. The molecular weight excluding hydrogens is 252 g/mol. The van der Waals surface area contributed by atoms with Crippen molar-refractivity contribution in [2.45, 2.75) is 39.3 Å². The number of nitrogens with zero attached hydrogens (tertiary/aromatic N) is 3. The van der Waals surface area contributed by atoms with E-state index in [9.17, 15) is 0 Å². The van der Waals surface area contributed by atoms with Crippen LogP contribution in [0.3, 0.4) is 0 Å². The van der Waals surface area contributed by atoms with Crippen LogP contribution in [-0.4, -0.2) is 43.0 Å². The molecule has 0 aliphatic carbocycles. The van der Waals surface area contributed by atoms with Crippen LogP contribution >= 0.6 is 0 Å². The van der Waals surface area contributed by atoms with Gasteiger partial charge in [-0.2, -0.15) is 5.10 Å². The molecule has 1 fully saturated rings. The Morgan fingerprint density at radius 1 is 1.30 bits per heavy atom. The fourth-order valence-electron chi connectivity index (χ4n) is 2.38. The second-order valence-electron chi connectivity index (χ2n) is 5.86. The monoisotopic (exact) mass is 278 g/mol. The number of hydrogen-bond acceptors (Lipinski definition) is 5. The van der Waals surface area contributed by atoms with Gasteiger partial charge in [-0.05, 0) is 37.4 Å². The molecule has 0 bridgehead atoms. The molecule has 1 saturated heterocycles. The Kier molecular flexibility index (Phi) is 5.73. The van der Waals surface area contributed by atoms with Crippen molar-refractivity contribution in [3.63, 3.8) is 0 Å². The van der Waals surface area contributed by atoms with Crippen LogP contribution in [0.2, 0.25) is 0 Å². The van der Waals surface area contributed by atoms with Crippen LogP contribution in [-0.2, 0) is 11.3 Å². The SMILES string of the molecule is CC(C)CNCc1ccc(N(C)C2CCOCC2)nn1. The Morgan fingerprint density at radius 3 is 2.65 bits per heavy atom. The smallest absolute Gasteiger partial charge is 0.151 e. The second-order valence-corrected chi connectivity index (χ2v) is 5.86. The molecule has 1 aliphatic heterocycles. The first-order valence-corrected chi connectivity index (χ1v) is 7.50. The van der Waals surface area contributed by atoms with Gasteiger partial charge in [0.1, 0.15) is 0 Å². The van der Waals surface area contributed by atoms with Crippen LogP contribution in [0.4, 0.5) is 5.82 Å². The maximum absolute atomic E-state index is 5.40. The Labute approximate surface area is 121 Å². The molecule has 2 rings (SSSR count). The van der Waals surface area contributed by atoms with E-state index in [0.717, 1.165) is 50.7 Å².